The predicted molar refractivity (Wildman–Crippen MR) is 106 cm³/mol. The van der Waals surface area contributed by atoms with Gasteiger partial charge in [-0.1, -0.05) is 11.6 Å². The zero-order valence-corrected chi connectivity index (χ0v) is 16.2. The van der Waals surface area contributed by atoms with Crippen molar-refractivity contribution in [2.45, 2.75) is 19.9 Å². The lowest BCUT2D eigenvalue weighted by Gasteiger charge is -2.09. The van der Waals surface area contributed by atoms with Gasteiger partial charge in [0.2, 0.25) is 5.91 Å². The normalized spacial score (nSPS) is 10.8. The summed E-state index contributed by atoms with van der Waals surface area (Å²) in [6.45, 7) is 3.46. The van der Waals surface area contributed by atoms with Crippen molar-refractivity contribution in [1.82, 2.24) is 9.88 Å². The molecule has 0 fully saturated rings. The molecule has 0 atom stereocenters. The number of hydrogen-bond acceptors (Lipinski definition) is 5. The van der Waals surface area contributed by atoms with E-state index < -0.39 is 5.76 Å². The molecule has 1 aromatic heterocycles. The zero-order chi connectivity index (χ0) is 19.9. The van der Waals surface area contributed by atoms with Gasteiger partial charge in [0, 0.05) is 24.1 Å². The van der Waals surface area contributed by atoms with Crippen LogP contribution in [0.5, 0.6) is 11.5 Å². The van der Waals surface area contributed by atoms with E-state index in [0.717, 1.165) is 5.75 Å². The fraction of sp³-hybridized carbons (Fsp3) is 0.300. The highest BCUT2D eigenvalue weighted by atomic mass is 35.5. The maximum atomic E-state index is 12.0. The zero-order valence-electron chi connectivity index (χ0n) is 15.4. The summed E-state index contributed by atoms with van der Waals surface area (Å²) < 4.78 is 17.5. The molecular weight excluding hydrogens is 384 g/mol. The summed E-state index contributed by atoms with van der Waals surface area (Å²) in [4.78, 5) is 24.0. The van der Waals surface area contributed by atoms with Crippen LogP contribution in [0.25, 0.3) is 11.1 Å². The summed E-state index contributed by atoms with van der Waals surface area (Å²) >= 11 is 5.89. The molecule has 0 bridgehead atoms. The minimum absolute atomic E-state index is 0.153. The molecule has 3 aromatic rings. The molecule has 3 rings (SSSR count). The molecule has 148 valence electrons. The first-order valence-corrected chi connectivity index (χ1v) is 9.36. The van der Waals surface area contributed by atoms with Crippen LogP contribution in [0.15, 0.2) is 51.7 Å². The van der Waals surface area contributed by atoms with Crippen LogP contribution in [0.1, 0.15) is 13.3 Å². The van der Waals surface area contributed by atoms with E-state index in [2.05, 4.69) is 5.32 Å². The van der Waals surface area contributed by atoms with Gasteiger partial charge in [0.15, 0.2) is 5.58 Å². The number of nitrogens with one attached hydrogen (secondary N) is 1. The van der Waals surface area contributed by atoms with E-state index in [1.54, 1.807) is 18.2 Å². The number of carbonyl (C=O) groups is 1. The maximum absolute atomic E-state index is 12.0. The Morgan fingerprint density at radius 3 is 2.57 bits per heavy atom. The number of halogens is 1. The minimum atomic E-state index is -0.510. The van der Waals surface area contributed by atoms with Crippen LogP contribution in [0, 0.1) is 0 Å². The lowest BCUT2D eigenvalue weighted by atomic mass is 10.3. The highest BCUT2D eigenvalue weighted by Gasteiger charge is 2.11. The van der Waals surface area contributed by atoms with Crippen molar-refractivity contribution in [3.63, 3.8) is 0 Å². The predicted octanol–water partition coefficient (Wildman–Crippen LogP) is 3.23. The van der Waals surface area contributed by atoms with Crippen molar-refractivity contribution in [2.75, 3.05) is 19.8 Å². The molecule has 0 aliphatic carbocycles. The van der Waals surface area contributed by atoms with Gasteiger partial charge in [-0.3, -0.25) is 9.36 Å². The summed E-state index contributed by atoms with van der Waals surface area (Å²) in [5, 5.41) is 3.25. The maximum Gasteiger partial charge on any atom is 0.419 e. The highest BCUT2D eigenvalue weighted by Crippen LogP contribution is 2.19. The molecule has 0 saturated carbocycles. The molecule has 2 aromatic carbocycles. The Morgan fingerprint density at radius 2 is 1.86 bits per heavy atom. The van der Waals surface area contributed by atoms with E-state index >= 15 is 0 Å². The first-order valence-electron chi connectivity index (χ1n) is 8.98. The molecule has 0 radical (unpaired) electrons. The number of benzene rings is 2. The Morgan fingerprint density at radius 1 is 1.14 bits per heavy atom. The number of fused-ring (bicyclic) bond motifs is 1. The number of ether oxygens (including phenoxy) is 2. The lowest BCUT2D eigenvalue weighted by molar-refractivity contribution is -0.121. The molecule has 1 heterocycles. The topological polar surface area (TPSA) is 82.7 Å². The molecule has 28 heavy (non-hydrogen) atoms. The van der Waals surface area contributed by atoms with Gasteiger partial charge in [0.1, 0.15) is 18.1 Å². The van der Waals surface area contributed by atoms with E-state index in [1.165, 1.54) is 4.57 Å². The van der Waals surface area contributed by atoms with Gasteiger partial charge in [-0.25, -0.2) is 4.79 Å². The third-order valence-electron chi connectivity index (χ3n) is 4.02. The van der Waals surface area contributed by atoms with Crippen molar-refractivity contribution in [3.8, 4) is 11.5 Å². The lowest BCUT2D eigenvalue weighted by Crippen LogP contribution is -2.29. The first kappa shape index (κ1) is 19.8. The second-order valence-corrected chi connectivity index (χ2v) is 6.42. The first-order chi connectivity index (χ1) is 13.6. The van der Waals surface area contributed by atoms with Gasteiger partial charge >= 0.3 is 5.76 Å². The van der Waals surface area contributed by atoms with E-state index in [4.69, 9.17) is 25.5 Å². The summed E-state index contributed by atoms with van der Waals surface area (Å²) in [7, 11) is 0. The Labute approximate surface area is 166 Å². The van der Waals surface area contributed by atoms with Gasteiger partial charge in [-0.2, -0.15) is 0 Å². The number of aryl methyl sites for hydroxylation is 1. The van der Waals surface area contributed by atoms with Crippen LogP contribution >= 0.6 is 11.6 Å². The van der Waals surface area contributed by atoms with Crippen molar-refractivity contribution >= 4 is 28.6 Å². The number of carbonyl (C=O) groups excluding carboxylic acids is 1. The molecule has 0 saturated heterocycles. The fourth-order valence-corrected chi connectivity index (χ4v) is 2.87. The SMILES string of the molecule is CCOc1ccc(OCCNC(=O)CCn2c(=O)oc3cc(Cl)ccc32)cc1. The summed E-state index contributed by atoms with van der Waals surface area (Å²) in [5.41, 5.74) is 1.02. The standard InChI is InChI=1S/C20H21ClN2O5/c1-2-26-15-4-6-16(7-5-15)27-12-10-22-19(24)9-11-23-17-8-3-14(21)13-18(17)28-20(23)25/h3-8,13H,2,9-12H2,1H3,(H,22,24). The number of amides is 1. The van der Waals surface area contributed by atoms with Crippen molar-refractivity contribution in [3.05, 3.63) is 58.0 Å². The van der Waals surface area contributed by atoms with E-state index in [-0.39, 0.29) is 18.9 Å². The van der Waals surface area contributed by atoms with E-state index in [0.29, 0.717) is 41.6 Å². The van der Waals surface area contributed by atoms with Crippen molar-refractivity contribution < 1.29 is 18.7 Å². The summed E-state index contributed by atoms with van der Waals surface area (Å²) in [6.07, 6.45) is 0.153. The second kappa shape index (κ2) is 9.32. The Kier molecular flexibility index (Phi) is 6.60. The number of rotatable bonds is 9. The number of nitrogens with zero attached hydrogens (tertiary/aromatic N) is 1. The molecule has 0 aliphatic rings. The molecule has 1 amide bonds. The van der Waals surface area contributed by atoms with Gasteiger partial charge in [-0.15, -0.1) is 0 Å². The third kappa shape index (κ3) is 5.07. The minimum Gasteiger partial charge on any atom is -0.494 e. The molecule has 1 N–H and O–H groups in total. The van der Waals surface area contributed by atoms with E-state index in [1.807, 2.05) is 31.2 Å². The summed E-state index contributed by atoms with van der Waals surface area (Å²) in [6, 6.07) is 12.2. The Hall–Kier alpha value is -2.93. The number of hydrogen-bond donors (Lipinski definition) is 1. The van der Waals surface area contributed by atoms with Crippen LogP contribution in [-0.2, 0) is 11.3 Å². The molecule has 0 unspecified atom stereocenters. The molecular formula is C20H21ClN2O5. The largest absolute Gasteiger partial charge is 0.494 e. The third-order valence-corrected chi connectivity index (χ3v) is 4.26. The van der Waals surface area contributed by atoms with Gasteiger partial charge in [0.05, 0.1) is 18.7 Å². The summed E-state index contributed by atoms with van der Waals surface area (Å²) in [5.74, 6) is 0.801. The van der Waals surface area contributed by atoms with Crippen molar-refractivity contribution in [1.29, 1.82) is 0 Å². The molecule has 0 aliphatic heterocycles. The van der Waals surface area contributed by atoms with Gasteiger partial charge in [0.25, 0.3) is 0 Å². The van der Waals surface area contributed by atoms with Crippen LogP contribution in [0.3, 0.4) is 0 Å². The van der Waals surface area contributed by atoms with Gasteiger partial charge < -0.3 is 19.2 Å². The van der Waals surface area contributed by atoms with Crippen LogP contribution in [0.2, 0.25) is 5.02 Å². The molecule has 0 spiro atoms. The average molecular weight is 405 g/mol. The van der Waals surface area contributed by atoms with Crippen LogP contribution in [0.4, 0.5) is 0 Å². The van der Waals surface area contributed by atoms with Crippen LogP contribution < -0.4 is 20.5 Å². The quantitative estimate of drug-likeness (QED) is 0.553. The molecule has 8 heteroatoms. The van der Waals surface area contributed by atoms with Crippen LogP contribution in [-0.4, -0.2) is 30.2 Å². The van der Waals surface area contributed by atoms with Gasteiger partial charge in [-0.05, 0) is 43.3 Å². The Bertz CT molecular complexity index is 994. The smallest absolute Gasteiger partial charge is 0.419 e. The molecule has 7 nitrogen and oxygen atoms in total. The number of aromatic nitrogens is 1. The average Bonchev–Trinajstić information content (AvgIpc) is 2.99. The fourth-order valence-electron chi connectivity index (χ4n) is 2.71. The van der Waals surface area contributed by atoms with Crippen molar-refractivity contribution in [2.24, 2.45) is 0 Å². The Balaban J connectivity index is 1.43. The second-order valence-electron chi connectivity index (χ2n) is 5.98. The number of oxazole rings is 1. The highest BCUT2D eigenvalue weighted by molar-refractivity contribution is 6.31. The monoisotopic (exact) mass is 404 g/mol. The van der Waals surface area contributed by atoms with E-state index in [9.17, 15) is 9.59 Å².